The molecule has 4 rings (SSSR count). The van der Waals surface area contributed by atoms with E-state index in [2.05, 4.69) is 98.5 Å². The van der Waals surface area contributed by atoms with E-state index in [1.54, 1.807) is 0 Å². The van der Waals surface area contributed by atoms with E-state index >= 15 is 0 Å². The molecule has 2 heterocycles. The summed E-state index contributed by atoms with van der Waals surface area (Å²) in [6, 6.07) is 11.3. The summed E-state index contributed by atoms with van der Waals surface area (Å²) in [4.78, 5) is 29.4. The van der Waals surface area contributed by atoms with Crippen LogP contribution < -0.4 is 15.5 Å². The molecule has 0 aliphatic carbocycles. The molecule has 0 radical (unpaired) electrons. The Morgan fingerprint density at radius 2 is 1.64 bits per heavy atom. The molecule has 1 atom stereocenters. The van der Waals surface area contributed by atoms with Crippen LogP contribution in [0.5, 0.6) is 0 Å². The quantitative estimate of drug-likeness (QED) is 0.0266. The van der Waals surface area contributed by atoms with E-state index in [0.29, 0.717) is 6.42 Å². The van der Waals surface area contributed by atoms with E-state index in [0.717, 1.165) is 93.7 Å². The number of benzene rings is 2. The van der Waals surface area contributed by atoms with Crippen LogP contribution in [-0.2, 0) is 48.7 Å². The van der Waals surface area contributed by atoms with Gasteiger partial charge in [-0.3, -0.25) is 18.8 Å². The van der Waals surface area contributed by atoms with Gasteiger partial charge in [0.05, 0.1) is 35.5 Å². The summed E-state index contributed by atoms with van der Waals surface area (Å²) < 4.78 is 23.8. The molecule has 306 valence electrons. The molecule has 0 unspecified atom stereocenters. The molecule has 0 bridgehead atoms. The molecule has 2 aromatic rings. The third-order valence-electron chi connectivity index (χ3n) is 10.1. The summed E-state index contributed by atoms with van der Waals surface area (Å²) >= 11 is 1.81. The Labute approximate surface area is 340 Å². The summed E-state index contributed by atoms with van der Waals surface area (Å²) in [5.74, 6) is -0.640. The van der Waals surface area contributed by atoms with Crippen LogP contribution >= 0.6 is 24.1 Å². The topological polar surface area (TPSA) is 150 Å². The zero-order chi connectivity index (χ0) is 41.3. The van der Waals surface area contributed by atoms with Crippen molar-refractivity contribution in [3.63, 3.8) is 0 Å². The highest BCUT2D eigenvalue weighted by molar-refractivity contribution is 8.01. The normalized spacial score (nSPS) is 17.4. The van der Waals surface area contributed by atoms with Crippen molar-refractivity contribution in [2.45, 2.75) is 101 Å². The van der Waals surface area contributed by atoms with Crippen LogP contribution in [0.1, 0.15) is 85.3 Å². The van der Waals surface area contributed by atoms with Crippen molar-refractivity contribution in [3.8, 4) is 0 Å². The zero-order valence-corrected chi connectivity index (χ0v) is 36.1. The number of ketones is 1. The van der Waals surface area contributed by atoms with E-state index in [1.807, 2.05) is 50.3 Å². The Morgan fingerprint density at radius 1 is 0.964 bits per heavy atom. The molecule has 15 heteroatoms. The van der Waals surface area contributed by atoms with Gasteiger partial charge in [0.25, 0.3) is 0 Å². The molecule has 56 heavy (non-hydrogen) atoms. The van der Waals surface area contributed by atoms with Crippen LogP contribution in [0.3, 0.4) is 0 Å². The van der Waals surface area contributed by atoms with Crippen molar-refractivity contribution in [3.05, 3.63) is 83.6 Å². The summed E-state index contributed by atoms with van der Waals surface area (Å²) in [6.07, 6.45) is 16.0. The fourth-order valence-electron chi connectivity index (χ4n) is 7.36. The van der Waals surface area contributed by atoms with E-state index in [-0.39, 0.29) is 34.9 Å². The second-order valence-corrected chi connectivity index (χ2v) is 20.0. The molecule has 0 fully saturated rings. The molecule has 0 saturated carbocycles. The van der Waals surface area contributed by atoms with Crippen molar-refractivity contribution in [1.82, 2.24) is 5.32 Å². The number of nitrogens with zero attached hydrogens (tertiary/aromatic N) is 2. The van der Waals surface area contributed by atoms with E-state index < -0.39 is 15.6 Å². The lowest BCUT2D eigenvalue weighted by Gasteiger charge is -2.25. The zero-order valence-electron chi connectivity index (χ0n) is 33.7. The first-order chi connectivity index (χ1) is 26.5. The molecule has 0 spiro atoms. The number of anilines is 1. The fraction of sp³-hybridized carbons (Fsp3) is 0.463. The van der Waals surface area contributed by atoms with Gasteiger partial charge >= 0.3 is 0 Å². The first-order valence-electron chi connectivity index (χ1n) is 18.6. The molecule has 2 aliphatic heterocycles. The SMILES string of the molecule is CCN1/C(=C/C=C/C=C/C2=[N+](CCCCCC(=O)N[C@H](C(=O)C=S(C)(C)=O)C(C)C)c3ccc(SOO[O-])cc3C2(C)C)C(C)(C)c2cc(SOOO)ccc21. The van der Waals surface area contributed by atoms with Crippen LogP contribution in [0.2, 0.25) is 0 Å². The number of allylic oxidation sites excluding steroid dienone is 6. The smallest absolute Gasteiger partial charge is 0.220 e. The number of Topliss-reactive ketones (excluding diaryl/α,β-unsaturated/α-hetero) is 1. The lowest BCUT2D eigenvalue weighted by molar-refractivity contribution is -0.777. The average Bonchev–Trinajstić information content (AvgIpc) is 3.48. The van der Waals surface area contributed by atoms with Crippen LogP contribution in [0.4, 0.5) is 11.4 Å². The van der Waals surface area contributed by atoms with Gasteiger partial charge in [-0.05, 0) is 91.0 Å². The van der Waals surface area contributed by atoms with Gasteiger partial charge in [-0.2, -0.15) is 8.91 Å². The third-order valence-corrected chi connectivity index (χ3v) is 12.0. The summed E-state index contributed by atoms with van der Waals surface area (Å²) in [5.41, 5.74) is 6.02. The predicted octanol–water partition coefficient (Wildman–Crippen LogP) is 7.15. The first-order valence-corrected chi connectivity index (χ1v) is 22.6. The number of unbranched alkanes of at least 4 members (excludes halogenated alkanes) is 2. The Morgan fingerprint density at radius 3 is 2.29 bits per heavy atom. The highest BCUT2D eigenvalue weighted by Crippen LogP contribution is 2.49. The molecular weight excluding hydrogens is 775 g/mol. The number of hydrogen-bond acceptors (Lipinski definition) is 12. The van der Waals surface area contributed by atoms with Crippen molar-refractivity contribution in [2.75, 3.05) is 30.5 Å². The lowest BCUT2D eigenvalue weighted by atomic mass is 9.81. The van der Waals surface area contributed by atoms with Crippen LogP contribution in [0, 0.1) is 5.92 Å². The minimum absolute atomic E-state index is 0.129. The largest absolute Gasteiger partial charge is 0.691 e. The Hall–Kier alpha value is -3.25. The van der Waals surface area contributed by atoms with Crippen molar-refractivity contribution >= 4 is 67.8 Å². The Kier molecular flexibility index (Phi) is 16.2. The average molecular weight is 830 g/mol. The minimum atomic E-state index is -2.38. The van der Waals surface area contributed by atoms with Gasteiger partial charge < -0.3 is 15.5 Å². The second kappa shape index (κ2) is 19.9. The van der Waals surface area contributed by atoms with Gasteiger partial charge in [0.2, 0.25) is 11.6 Å². The molecule has 0 aromatic heterocycles. The van der Waals surface area contributed by atoms with Gasteiger partial charge in [-0.1, -0.05) is 51.0 Å². The van der Waals surface area contributed by atoms with Crippen molar-refractivity contribution in [2.24, 2.45) is 5.92 Å². The molecule has 12 nitrogen and oxygen atoms in total. The molecule has 2 aliphatic rings. The lowest BCUT2D eigenvalue weighted by Crippen LogP contribution is -2.45. The van der Waals surface area contributed by atoms with Gasteiger partial charge in [0.1, 0.15) is 6.54 Å². The molecule has 2 aromatic carbocycles. The predicted molar refractivity (Wildman–Crippen MR) is 223 cm³/mol. The number of amides is 1. The van der Waals surface area contributed by atoms with Gasteiger partial charge in [-0.15, -0.1) is 4.33 Å². The highest BCUT2D eigenvalue weighted by atomic mass is 32.2. The maximum Gasteiger partial charge on any atom is 0.220 e. The van der Waals surface area contributed by atoms with E-state index in [1.165, 1.54) is 17.9 Å². The second-order valence-electron chi connectivity index (χ2n) is 15.6. The molecular formula is C41H55N3O9S3. The minimum Gasteiger partial charge on any atom is -0.691 e. The number of carbonyl (C=O) groups is 2. The maximum atomic E-state index is 12.8. The maximum absolute atomic E-state index is 12.8. The molecule has 1 amide bonds. The standard InChI is InChI=1S/C41H55N3O9S3/c1-10-43-33-22-20-29(54-52-50-47)25-31(33)40(4,5)36(43)17-13-11-14-18-37-41(6,7)32-26-30(55-53-51-48)21-23-34(32)44(37)24-16-12-15-19-38(46)42-39(28(2)3)35(45)27-56(8,9)49/h11,13-14,17-18,20-23,25-28,39H,10,12,15-16,19,24H2,1-9H3,(H2-,42,46,47,48)/t39-/m0/s1. The van der Waals surface area contributed by atoms with Crippen molar-refractivity contribution in [1.29, 1.82) is 0 Å². The number of carbonyl (C=O) groups excluding carboxylic acids is 2. The number of fused-ring (bicyclic) bond motifs is 2. The molecule has 2 N–H and O–H groups in total. The van der Waals surface area contributed by atoms with Crippen LogP contribution in [-0.4, -0.2) is 68.5 Å². The van der Waals surface area contributed by atoms with Crippen molar-refractivity contribution < 1.29 is 47.6 Å². The number of hydrogen-bond donors (Lipinski definition) is 2. The van der Waals surface area contributed by atoms with Crippen LogP contribution in [0.15, 0.2) is 82.3 Å². The highest BCUT2D eigenvalue weighted by Gasteiger charge is 2.44. The van der Waals surface area contributed by atoms with Gasteiger partial charge in [0.15, 0.2) is 11.5 Å². The summed E-state index contributed by atoms with van der Waals surface area (Å²) in [6.45, 7) is 16.1. The fourth-order valence-corrected chi connectivity index (χ4v) is 8.86. The van der Waals surface area contributed by atoms with Gasteiger partial charge in [-0.25, -0.2) is 5.26 Å². The third kappa shape index (κ3) is 11.2. The van der Waals surface area contributed by atoms with E-state index in [4.69, 9.17) is 5.26 Å². The number of likely N-dealkylation sites (N-methyl/N-ethyl adjacent to an activating group) is 1. The van der Waals surface area contributed by atoms with Gasteiger partial charge in [0, 0.05) is 81.6 Å². The number of nitrogens with one attached hydrogen (secondary N) is 1. The Balaban J connectivity index is 1.51. The monoisotopic (exact) mass is 829 g/mol. The first kappa shape index (κ1) is 45.5. The van der Waals surface area contributed by atoms with Crippen LogP contribution in [0.25, 0.3) is 0 Å². The summed E-state index contributed by atoms with van der Waals surface area (Å²) in [5, 5.41) is 30.6. The van der Waals surface area contributed by atoms with E-state index in [9.17, 15) is 19.1 Å². The summed E-state index contributed by atoms with van der Waals surface area (Å²) in [7, 11) is -2.38. The number of rotatable bonds is 20. The Bertz CT molecular complexity index is 1990. The molecule has 0 saturated heterocycles.